The highest BCUT2D eigenvalue weighted by atomic mass is 79.9. The summed E-state index contributed by atoms with van der Waals surface area (Å²) in [6.45, 7) is 4.28. The third kappa shape index (κ3) is 1.63. The third-order valence-electron chi connectivity index (χ3n) is 2.10. The van der Waals surface area contributed by atoms with Gasteiger partial charge in [0, 0.05) is 18.6 Å². The van der Waals surface area contributed by atoms with Crippen molar-refractivity contribution in [3.05, 3.63) is 27.7 Å². The first-order valence-electron chi connectivity index (χ1n) is 3.97. The molecule has 0 unspecified atom stereocenters. The highest BCUT2D eigenvalue weighted by Gasteiger charge is 2.06. The molecule has 0 fully saturated rings. The second-order valence-electron chi connectivity index (χ2n) is 3.23. The lowest BCUT2D eigenvalue weighted by molar-refractivity contribution is 1.10. The van der Waals surface area contributed by atoms with E-state index in [1.165, 1.54) is 16.8 Å². The van der Waals surface area contributed by atoms with Gasteiger partial charge in [-0.15, -0.1) is 0 Å². The maximum Gasteiger partial charge on any atom is 0.0537 e. The van der Waals surface area contributed by atoms with E-state index in [0.29, 0.717) is 0 Å². The Morgan fingerprint density at radius 2 is 1.75 bits per heavy atom. The first kappa shape index (κ1) is 9.59. The fourth-order valence-corrected chi connectivity index (χ4v) is 2.10. The second kappa shape index (κ2) is 3.48. The zero-order chi connectivity index (χ0) is 9.30. The van der Waals surface area contributed by atoms with Crippen LogP contribution in [0.1, 0.15) is 11.1 Å². The second-order valence-corrected chi connectivity index (χ2v) is 4.09. The molecular formula is C10H14BrN. The fraction of sp³-hybridized carbons (Fsp3) is 0.400. The van der Waals surface area contributed by atoms with Gasteiger partial charge in [0.15, 0.2) is 0 Å². The van der Waals surface area contributed by atoms with Gasteiger partial charge < -0.3 is 4.90 Å². The molecule has 66 valence electrons. The van der Waals surface area contributed by atoms with Gasteiger partial charge in [-0.25, -0.2) is 0 Å². The Morgan fingerprint density at radius 3 is 2.17 bits per heavy atom. The number of rotatable bonds is 1. The summed E-state index contributed by atoms with van der Waals surface area (Å²) in [4.78, 5) is 2.13. The molecule has 0 saturated carbocycles. The van der Waals surface area contributed by atoms with Gasteiger partial charge in [-0.05, 0) is 47.0 Å². The predicted octanol–water partition coefficient (Wildman–Crippen LogP) is 3.13. The molecule has 0 heterocycles. The van der Waals surface area contributed by atoms with Crippen LogP contribution in [-0.4, -0.2) is 14.1 Å². The number of benzene rings is 1. The first-order valence-corrected chi connectivity index (χ1v) is 4.76. The molecule has 2 heteroatoms. The van der Waals surface area contributed by atoms with E-state index < -0.39 is 0 Å². The van der Waals surface area contributed by atoms with Crippen LogP contribution in [-0.2, 0) is 0 Å². The molecule has 12 heavy (non-hydrogen) atoms. The Morgan fingerprint density at radius 1 is 1.17 bits per heavy atom. The van der Waals surface area contributed by atoms with Crippen LogP contribution in [0.3, 0.4) is 0 Å². The maximum atomic E-state index is 3.54. The average molecular weight is 228 g/mol. The molecule has 1 aromatic rings. The molecule has 0 amide bonds. The standard InChI is InChI=1S/C10H14BrN/c1-7-5-6-9(11)10(8(7)2)12(3)4/h5-6H,1-4H3. The molecule has 1 rings (SSSR count). The molecule has 0 aromatic heterocycles. The zero-order valence-electron chi connectivity index (χ0n) is 7.98. The minimum atomic E-state index is 1.16. The molecule has 0 aliphatic rings. The summed E-state index contributed by atoms with van der Waals surface area (Å²) < 4.78 is 1.16. The van der Waals surface area contributed by atoms with Crippen molar-refractivity contribution in [1.29, 1.82) is 0 Å². The Bertz CT molecular complexity index is 292. The Hall–Kier alpha value is -0.500. The van der Waals surface area contributed by atoms with Crippen molar-refractivity contribution < 1.29 is 0 Å². The SMILES string of the molecule is Cc1ccc(Br)c(N(C)C)c1C. The van der Waals surface area contributed by atoms with E-state index in [4.69, 9.17) is 0 Å². The summed E-state index contributed by atoms with van der Waals surface area (Å²) in [6, 6.07) is 4.23. The average Bonchev–Trinajstić information content (AvgIpc) is 1.97. The summed E-state index contributed by atoms with van der Waals surface area (Å²) in [5.41, 5.74) is 3.95. The number of hydrogen-bond acceptors (Lipinski definition) is 1. The molecule has 1 aromatic carbocycles. The summed E-state index contributed by atoms with van der Waals surface area (Å²) in [5, 5.41) is 0. The normalized spacial score (nSPS) is 10.1. The minimum Gasteiger partial charge on any atom is -0.377 e. The van der Waals surface area contributed by atoms with Crippen LogP contribution in [0.15, 0.2) is 16.6 Å². The van der Waals surface area contributed by atoms with E-state index in [2.05, 4.69) is 60.9 Å². The van der Waals surface area contributed by atoms with E-state index in [-0.39, 0.29) is 0 Å². The van der Waals surface area contributed by atoms with Crippen LogP contribution >= 0.6 is 15.9 Å². The smallest absolute Gasteiger partial charge is 0.0537 e. The van der Waals surface area contributed by atoms with E-state index in [9.17, 15) is 0 Å². The van der Waals surface area contributed by atoms with Crippen molar-refractivity contribution in [3.8, 4) is 0 Å². The van der Waals surface area contributed by atoms with Crippen LogP contribution in [0.5, 0.6) is 0 Å². The fourth-order valence-electron chi connectivity index (χ4n) is 1.32. The Labute approximate surface area is 82.5 Å². The molecule has 1 nitrogen and oxygen atoms in total. The molecule has 0 saturated heterocycles. The van der Waals surface area contributed by atoms with Crippen molar-refractivity contribution in [2.24, 2.45) is 0 Å². The molecule has 0 spiro atoms. The Balaban J connectivity index is 3.33. The number of anilines is 1. The first-order chi connectivity index (χ1) is 5.54. The van der Waals surface area contributed by atoms with E-state index >= 15 is 0 Å². The summed E-state index contributed by atoms with van der Waals surface area (Å²) in [5.74, 6) is 0. The van der Waals surface area contributed by atoms with Crippen LogP contribution in [0.2, 0.25) is 0 Å². The molecule has 0 radical (unpaired) electrons. The molecule has 0 atom stereocenters. The van der Waals surface area contributed by atoms with Gasteiger partial charge in [0.25, 0.3) is 0 Å². The molecule has 0 aliphatic carbocycles. The number of hydrogen-bond donors (Lipinski definition) is 0. The monoisotopic (exact) mass is 227 g/mol. The van der Waals surface area contributed by atoms with Gasteiger partial charge in [0.2, 0.25) is 0 Å². The molecule has 0 N–H and O–H groups in total. The van der Waals surface area contributed by atoms with Gasteiger partial charge >= 0.3 is 0 Å². The number of halogens is 1. The lowest BCUT2D eigenvalue weighted by atomic mass is 10.1. The minimum absolute atomic E-state index is 1.16. The summed E-state index contributed by atoms with van der Waals surface area (Å²) >= 11 is 3.54. The van der Waals surface area contributed by atoms with Crippen LogP contribution in [0.25, 0.3) is 0 Å². The van der Waals surface area contributed by atoms with Crippen LogP contribution < -0.4 is 4.90 Å². The third-order valence-corrected chi connectivity index (χ3v) is 2.74. The zero-order valence-corrected chi connectivity index (χ0v) is 9.57. The van der Waals surface area contributed by atoms with Gasteiger partial charge in [0.05, 0.1) is 5.69 Å². The summed E-state index contributed by atoms with van der Waals surface area (Å²) in [7, 11) is 4.12. The van der Waals surface area contributed by atoms with Crippen LogP contribution in [0, 0.1) is 13.8 Å². The van der Waals surface area contributed by atoms with Crippen molar-refractivity contribution in [2.45, 2.75) is 13.8 Å². The Kier molecular flexibility index (Phi) is 2.78. The van der Waals surface area contributed by atoms with Crippen molar-refractivity contribution in [3.63, 3.8) is 0 Å². The number of nitrogens with zero attached hydrogens (tertiary/aromatic N) is 1. The highest BCUT2D eigenvalue weighted by Crippen LogP contribution is 2.30. The lowest BCUT2D eigenvalue weighted by Crippen LogP contribution is -2.11. The van der Waals surface area contributed by atoms with E-state index in [1.54, 1.807) is 0 Å². The van der Waals surface area contributed by atoms with Crippen molar-refractivity contribution in [2.75, 3.05) is 19.0 Å². The predicted molar refractivity (Wildman–Crippen MR) is 57.9 cm³/mol. The summed E-state index contributed by atoms with van der Waals surface area (Å²) in [6.07, 6.45) is 0. The maximum absolute atomic E-state index is 3.54. The lowest BCUT2D eigenvalue weighted by Gasteiger charge is -2.18. The molecule has 0 aliphatic heterocycles. The van der Waals surface area contributed by atoms with E-state index in [0.717, 1.165) is 4.47 Å². The molecule has 0 bridgehead atoms. The van der Waals surface area contributed by atoms with Crippen LogP contribution in [0.4, 0.5) is 5.69 Å². The van der Waals surface area contributed by atoms with E-state index in [1.807, 2.05) is 0 Å². The van der Waals surface area contributed by atoms with Crippen molar-refractivity contribution >= 4 is 21.6 Å². The topological polar surface area (TPSA) is 3.24 Å². The molecular weight excluding hydrogens is 214 g/mol. The largest absolute Gasteiger partial charge is 0.377 e. The van der Waals surface area contributed by atoms with Gasteiger partial charge in [-0.3, -0.25) is 0 Å². The highest BCUT2D eigenvalue weighted by molar-refractivity contribution is 9.10. The number of aryl methyl sites for hydroxylation is 1. The van der Waals surface area contributed by atoms with Gasteiger partial charge in [-0.1, -0.05) is 6.07 Å². The van der Waals surface area contributed by atoms with Crippen molar-refractivity contribution in [1.82, 2.24) is 0 Å². The quantitative estimate of drug-likeness (QED) is 0.713. The van der Waals surface area contributed by atoms with Gasteiger partial charge in [0.1, 0.15) is 0 Å². The van der Waals surface area contributed by atoms with Gasteiger partial charge in [-0.2, -0.15) is 0 Å².